The zero-order valence-electron chi connectivity index (χ0n) is 18.4. The summed E-state index contributed by atoms with van der Waals surface area (Å²) in [5.41, 5.74) is 4.39. The van der Waals surface area contributed by atoms with Crippen molar-refractivity contribution >= 4 is 16.0 Å². The van der Waals surface area contributed by atoms with Gasteiger partial charge in [0.05, 0.1) is 12.3 Å². The zero-order valence-corrected chi connectivity index (χ0v) is 19.2. The van der Waals surface area contributed by atoms with E-state index < -0.39 is 10.0 Å². The number of aliphatic imine (C=N–C) groups is 1. The lowest BCUT2D eigenvalue weighted by atomic mass is 10.1. The molecular weight excluding hydrogens is 396 g/mol. The molecule has 2 aromatic rings. The van der Waals surface area contributed by atoms with Crippen LogP contribution in [0.4, 0.5) is 0 Å². The van der Waals surface area contributed by atoms with Crippen LogP contribution >= 0.6 is 0 Å². The van der Waals surface area contributed by atoms with E-state index in [1.165, 1.54) is 11.1 Å². The maximum absolute atomic E-state index is 12.1. The highest BCUT2D eigenvalue weighted by atomic mass is 32.2. The van der Waals surface area contributed by atoms with E-state index in [1.807, 2.05) is 45.0 Å². The van der Waals surface area contributed by atoms with Crippen molar-refractivity contribution in [1.82, 2.24) is 15.4 Å². The molecule has 0 fully saturated rings. The van der Waals surface area contributed by atoms with Gasteiger partial charge < -0.3 is 10.6 Å². The van der Waals surface area contributed by atoms with Crippen LogP contribution in [0.25, 0.3) is 0 Å². The Hall–Kier alpha value is -2.38. The first-order chi connectivity index (χ1) is 14.3. The minimum Gasteiger partial charge on any atom is -0.357 e. The predicted molar refractivity (Wildman–Crippen MR) is 125 cm³/mol. The summed E-state index contributed by atoms with van der Waals surface area (Å²) < 4.78 is 26.7. The Morgan fingerprint density at radius 2 is 1.57 bits per heavy atom. The van der Waals surface area contributed by atoms with E-state index in [9.17, 15) is 8.42 Å². The van der Waals surface area contributed by atoms with Gasteiger partial charge in [0, 0.05) is 19.1 Å². The van der Waals surface area contributed by atoms with Gasteiger partial charge in [-0.1, -0.05) is 55.5 Å². The van der Waals surface area contributed by atoms with Crippen molar-refractivity contribution in [2.75, 3.05) is 6.54 Å². The van der Waals surface area contributed by atoms with Crippen molar-refractivity contribution in [2.24, 2.45) is 4.99 Å². The largest absolute Gasteiger partial charge is 0.357 e. The second kappa shape index (κ2) is 11.7. The van der Waals surface area contributed by atoms with Crippen LogP contribution in [0.3, 0.4) is 0 Å². The minimum atomic E-state index is -3.32. The standard InChI is InChI=1S/C23H34N4O2S/c1-5-21-9-7-8-10-22(21)16-26-23(24-6-2)25-15-19-11-13-20(14-12-19)17-30(28,29)27-18(3)4/h7-14,18,27H,5-6,15-17H2,1-4H3,(H2,24,25,26). The molecule has 0 spiro atoms. The topological polar surface area (TPSA) is 82.6 Å². The molecule has 6 nitrogen and oxygen atoms in total. The molecule has 164 valence electrons. The van der Waals surface area contributed by atoms with Crippen LogP contribution < -0.4 is 15.4 Å². The maximum Gasteiger partial charge on any atom is 0.216 e. The molecule has 0 unspecified atom stereocenters. The smallest absolute Gasteiger partial charge is 0.216 e. The third kappa shape index (κ3) is 8.16. The van der Waals surface area contributed by atoms with Gasteiger partial charge in [-0.2, -0.15) is 0 Å². The monoisotopic (exact) mass is 430 g/mol. The fourth-order valence-corrected chi connectivity index (χ4v) is 4.56. The van der Waals surface area contributed by atoms with Gasteiger partial charge in [-0.15, -0.1) is 0 Å². The predicted octanol–water partition coefficient (Wildman–Crippen LogP) is 3.33. The third-order valence-corrected chi connectivity index (χ3v) is 6.05. The molecule has 0 bridgehead atoms. The number of rotatable bonds is 10. The van der Waals surface area contributed by atoms with E-state index >= 15 is 0 Å². The van der Waals surface area contributed by atoms with Gasteiger partial charge in [0.15, 0.2) is 5.96 Å². The molecule has 0 atom stereocenters. The molecule has 0 aliphatic carbocycles. The van der Waals surface area contributed by atoms with Gasteiger partial charge in [0.1, 0.15) is 0 Å². The van der Waals surface area contributed by atoms with Crippen LogP contribution in [0.2, 0.25) is 0 Å². The van der Waals surface area contributed by atoms with E-state index in [-0.39, 0.29) is 11.8 Å². The summed E-state index contributed by atoms with van der Waals surface area (Å²) in [5, 5.41) is 6.67. The molecule has 0 radical (unpaired) electrons. The average molecular weight is 431 g/mol. The highest BCUT2D eigenvalue weighted by molar-refractivity contribution is 7.88. The van der Waals surface area contributed by atoms with Gasteiger partial charge >= 0.3 is 0 Å². The molecular formula is C23H34N4O2S. The van der Waals surface area contributed by atoms with E-state index in [2.05, 4.69) is 51.5 Å². The van der Waals surface area contributed by atoms with Gasteiger partial charge in [-0.05, 0) is 49.4 Å². The summed E-state index contributed by atoms with van der Waals surface area (Å²) in [6.45, 7) is 9.84. The fourth-order valence-electron chi connectivity index (χ4n) is 3.13. The highest BCUT2D eigenvalue weighted by Gasteiger charge is 2.12. The first-order valence-electron chi connectivity index (χ1n) is 10.5. The van der Waals surface area contributed by atoms with Gasteiger partial charge in [-0.25, -0.2) is 18.1 Å². The summed E-state index contributed by atoms with van der Waals surface area (Å²) in [6.07, 6.45) is 1.00. The highest BCUT2D eigenvalue weighted by Crippen LogP contribution is 2.10. The van der Waals surface area contributed by atoms with Crippen LogP contribution in [-0.2, 0) is 35.3 Å². The number of benzene rings is 2. The SMILES string of the molecule is CCNC(=NCc1ccc(CS(=O)(=O)NC(C)C)cc1)NCc1ccccc1CC. The van der Waals surface area contributed by atoms with Crippen LogP contribution in [0.15, 0.2) is 53.5 Å². The van der Waals surface area contributed by atoms with Gasteiger partial charge in [-0.3, -0.25) is 0 Å². The molecule has 7 heteroatoms. The third-order valence-electron chi connectivity index (χ3n) is 4.50. The van der Waals surface area contributed by atoms with E-state index in [4.69, 9.17) is 0 Å². The molecule has 0 aromatic heterocycles. The molecule has 0 amide bonds. The number of nitrogens with zero attached hydrogens (tertiary/aromatic N) is 1. The zero-order chi connectivity index (χ0) is 22.0. The lowest BCUT2D eigenvalue weighted by Gasteiger charge is -2.13. The van der Waals surface area contributed by atoms with E-state index in [0.29, 0.717) is 6.54 Å². The molecule has 0 heterocycles. The molecule has 0 aliphatic heterocycles. The fraction of sp³-hybridized carbons (Fsp3) is 0.435. The van der Waals surface area contributed by atoms with Crippen molar-refractivity contribution in [2.45, 2.75) is 59.0 Å². The Labute approximate surface area is 181 Å². The van der Waals surface area contributed by atoms with Gasteiger partial charge in [0.25, 0.3) is 0 Å². The molecule has 0 aliphatic rings. The second-order valence-corrected chi connectivity index (χ2v) is 9.27. The molecule has 0 saturated carbocycles. The normalized spacial score (nSPS) is 12.2. The molecule has 3 N–H and O–H groups in total. The summed E-state index contributed by atoms with van der Waals surface area (Å²) in [7, 11) is -3.32. The van der Waals surface area contributed by atoms with Crippen molar-refractivity contribution in [1.29, 1.82) is 0 Å². The summed E-state index contributed by atoms with van der Waals surface area (Å²) in [6, 6.07) is 15.9. The number of aryl methyl sites for hydroxylation is 1. The minimum absolute atomic E-state index is 0.0181. The van der Waals surface area contributed by atoms with Crippen LogP contribution in [0.1, 0.15) is 49.9 Å². The summed E-state index contributed by atoms with van der Waals surface area (Å²) >= 11 is 0. The summed E-state index contributed by atoms with van der Waals surface area (Å²) in [5.74, 6) is 0.742. The maximum atomic E-state index is 12.1. The Bertz CT molecular complexity index is 922. The number of guanidine groups is 1. The van der Waals surface area contributed by atoms with Crippen LogP contribution in [-0.4, -0.2) is 27.0 Å². The Morgan fingerprint density at radius 3 is 2.17 bits per heavy atom. The Balaban J connectivity index is 1.98. The molecule has 2 rings (SSSR count). The molecule has 30 heavy (non-hydrogen) atoms. The number of sulfonamides is 1. The number of nitrogens with one attached hydrogen (secondary N) is 3. The van der Waals surface area contributed by atoms with Crippen LogP contribution in [0, 0.1) is 0 Å². The number of hydrogen-bond acceptors (Lipinski definition) is 3. The van der Waals surface area contributed by atoms with Crippen LogP contribution in [0.5, 0.6) is 0 Å². The molecule has 0 saturated heterocycles. The van der Waals surface area contributed by atoms with E-state index in [0.717, 1.165) is 36.6 Å². The Morgan fingerprint density at radius 1 is 0.933 bits per heavy atom. The quantitative estimate of drug-likeness (QED) is 0.399. The van der Waals surface area contributed by atoms with Gasteiger partial charge in [0.2, 0.25) is 10.0 Å². The van der Waals surface area contributed by atoms with Crippen molar-refractivity contribution in [3.63, 3.8) is 0 Å². The number of hydrogen-bond donors (Lipinski definition) is 3. The Kier molecular flexibility index (Phi) is 9.33. The first kappa shape index (κ1) is 23.9. The second-order valence-electron chi connectivity index (χ2n) is 7.52. The summed E-state index contributed by atoms with van der Waals surface area (Å²) in [4.78, 5) is 4.66. The van der Waals surface area contributed by atoms with Crippen molar-refractivity contribution in [3.8, 4) is 0 Å². The lowest BCUT2D eigenvalue weighted by molar-refractivity contribution is 0.569. The lowest BCUT2D eigenvalue weighted by Crippen LogP contribution is -2.37. The van der Waals surface area contributed by atoms with Crippen molar-refractivity contribution in [3.05, 3.63) is 70.8 Å². The molecule has 2 aromatic carbocycles. The first-order valence-corrected chi connectivity index (χ1v) is 12.1. The average Bonchev–Trinajstić information content (AvgIpc) is 2.70. The van der Waals surface area contributed by atoms with E-state index in [1.54, 1.807) is 0 Å². The van der Waals surface area contributed by atoms with Crippen molar-refractivity contribution < 1.29 is 8.42 Å².